The Labute approximate surface area is 282 Å². The molecule has 2 aromatic carbocycles. The number of oxazole rings is 1. The number of likely N-dealkylation sites (N-methyl/N-ethyl adjacent to an activating group) is 1. The van der Waals surface area contributed by atoms with E-state index in [0.29, 0.717) is 28.3 Å². The number of allylic oxidation sites excluding steroid dienone is 5. The van der Waals surface area contributed by atoms with E-state index < -0.39 is 0 Å². The summed E-state index contributed by atoms with van der Waals surface area (Å²) >= 11 is 1.57. The molecule has 4 aromatic rings. The van der Waals surface area contributed by atoms with Crippen molar-refractivity contribution >= 4 is 55.5 Å². The van der Waals surface area contributed by atoms with Gasteiger partial charge in [0.05, 0.1) is 15.8 Å². The number of nitriles is 2. The van der Waals surface area contributed by atoms with Crippen molar-refractivity contribution in [1.29, 1.82) is 10.5 Å². The van der Waals surface area contributed by atoms with E-state index in [-0.39, 0.29) is 22.2 Å². The maximum absolute atomic E-state index is 11.5. The highest BCUT2D eigenvalue weighted by Crippen LogP contribution is 2.30. The van der Waals surface area contributed by atoms with E-state index in [1.165, 1.54) is 0 Å². The lowest BCUT2D eigenvalue weighted by atomic mass is 9.94. The minimum absolute atomic E-state index is 0.0000463. The van der Waals surface area contributed by atoms with Crippen LogP contribution in [0.25, 0.3) is 32.5 Å². The quantitative estimate of drug-likeness (QED) is 0.158. The van der Waals surface area contributed by atoms with Crippen LogP contribution in [0, 0.1) is 38.9 Å². The van der Waals surface area contributed by atoms with Gasteiger partial charge in [-0.2, -0.15) is 10.5 Å². The van der Waals surface area contributed by atoms with E-state index in [9.17, 15) is 10.1 Å². The standard InChI is InChI=1S/C14H14N2O.C14H14N2S.C10H16N2O/c2*1-14(2,3)8-10(9-15)13-16-11-6-4-5-7-12(11)17-13;1-7-11-8(6-10(2,3)4)9(13)12(7)5/h2*4-8H,1-3H3;6H,1-5H3/b2*10-8+;8-6-. The fraction of sp³-hybridized carbons (Fsp3) is 0.368. The van der Waals surface area contributed by atoms with Crippen LogP contribution < -0.4 is 0 Å². The van der Waals surface area contributed by atoms with Gasteiger partial charge in [-0.25, -0.2) is 15.0 Å². The lowest BCUT2D eigenvalue weighted by Gasteiger charge is -2.12. The molecule has 0 atom stereocenters. The number of nitrogens with zero attached hydrogens (tertiary/aromatic N) is 6. The van der Waals surface area contributed by atoms with Crippen molar-refractivity contribution < 1.29 is 9.21 Å². The Balaban J connectivity index is 0.000000194. The van der Waals surface area contributed by atoms with Crippen LogP contribution >= 0.6 is 11.3 Å². The average molecular weight is 649 g/mol. The zero-order valence-corrected chi connectivity index (χ0v) is 30.1. The predicted molar refractivity (Wildman–Crippen MR) is 193 cm³/mol. The van der Waals surface area contributed by atoms with Gasteiger partial charge in [-0.15, -0.1) is 11.3 Å². The normalized spacial score (nSPS) is 15.1. The van der Waals surface area contributed by atoms with Gasteiger partial charge in [0, 0.05) is 7.05 Å². The number of aromatic nitrogens is 2. The first-order valence-electron chi connectivity index (χ1n) is 15.3. The third kappa shape index (κ3) is 10.9. The smallest absolute Gasteiger partial charge is 0.277 e. The molecule has 0 spiro atoms. The van der Waals surface area contributed by atoms with Crippen molar-refractivity contribution in [1.82, 2.24) is 14.9 Å². The lowest BCUT2D eigenvalue weighted by Crippen LogP contribution is -2.25. The molecular weight excluding hydrogens is 605 g/mol. The molecular formula is C38H44N6O2S. The van der Waals surface area contributed by atoms with Crippen LogP contribution in [0.5, 0.6) is 0 Å². The second-order valence-corrected chi connectivity index (χ2v) is 15.5. The summed E-state index contributed by atoms with van der Waals surface area (Å²) in [6, 6.07) is 19.8. The molecule has 0 saturated heterocycles. The first kappa shape index (κ1) is 36.6. The van der Waals surface area contributed by atoms with Gasteiger partial charge in [0.15, 0.2) is 5.58 Å². The Hall–Kier alpha value is -4.86. The van der Waals surface area contributed by atoms with E-state index in [2.05, 4.69) is 68.6 Å². The van der Waals surface area contributed by atoms with Crippen molar-refractivity contribution in [2.75, 3.05) is 7.05 Å². The molecule has 1 amide bonds. The fourth-order valence-corrected chi connectivity index (χ4v) is 5.18. The number of aliphatic imine (C=N–C) groups is 1. The number of thiazole rings is 1. The summed E-state index contributed by atoms with van der Waals surface area (Å²) < 4.78 is 6.69. The second kappa shape index (κ2) is 14.7. The number of hydrogen-bond donors (Lipinski definition) is 0. The van der Waals surface area contributed by atoms with Crippen molar-refractivity contribution in [3.63, 3.8) is 0 Å². The van der Waals surface area contributed by atoms with Gasteiger partial charge in [-0.05, 0) is 53.5 Å². The number of carbonyl (C=O) groups is 1. The number of fused-ring (bicyclic) bond motifs is 2. The van der Waals surface area contributed by atoms with Crippen molar-refractivity contribution in [3.8, 4) is 12.1 Å². The first-order chi connectivity index (χ1) is 21.8. The van der Waals surface area contributed by atoms with Gasteiger partial charge >= 0.3 is 0 Å². The molecule has 1 aliphatic rings. The van der Waals surface area contributed by atoms with E-state index in [0.717, 1.165) is 26.6 Å². The molecule has 0 bridgehead atoms. The molecule has 9 heteroatoms. The molecule has 0 N–H and O–H groups in total. The number of hydrogen-bond acceptors (Lipinski definition) is 8. The maximum atomic E-state index is 11.5. The van der Waals surface area contributed by atoms with Crippen LogP contribution in [-0.4, -0.2) is 33.7 Å². The van der Waals surface area contributed by atoms with Crippen LogP contribution in [0.4, 0.5) is 0 Å². The first-order valence-corrected chi connectivity index (χ1v) is 16.2. The molecule has 2 aromatic heterocycles. The number of carbonyl (C=O) groups excluding carboxylic acids is 1. The molecule has 0 saturated carbocycles. The molecule has 0 fully saturated rings. The van der Waals surface area contributed by atoms with Crippen molar-refractivity contribution in [3.05, 3.63) is 83.4 Å². The van der Waals surface area contributed by atoms with E-state index in [1.54, 1.807) is 23.3 Å². The molecule has 1 aliphatic heterocycles. The summed E-state index contributed by atoms with van der Waals surface area (Å²) in [4.78, 5) is 26.1. The van der Waals surface area contributed by atoms with Crippen LogP contribution in [0.15, 0.2) is 81.9 Å². The van der Waals surface area contributed by atoms with Gasteiger partial charge in [0.1, 0.15) is 39.8 Å². The number of benzene rings is 2. The third-order valence-electron chi connectivity index (χ3n) is 6.31. The van der Waals surface area contributed by atoms with E-state index >= 15 is 0 Å². The van der Waals surface area contributed by atoms with Gasteiger partial charge in [-0.1, -0.05) is 98.7 Å². The SMILES string of the molecule is CC(C)(C)/C=C(\C#N)c1nc2ccccc2o1.CC(C)(C)/C=C(\C#N)c1nc2ccccc2s1.CC1=N/C(=C\C(C)(C)C)C(=O)N1C. The zero-order valence-electron chi connectivity index (χ0n) is 29.3. The van der Waals surface area contributed by atoms with Crippen LogP contribution in [0.1, 0.15) is 80.1 Å². The molecule has 0 unspecified atom stereocenters. The molecule has 3 heterocycles. The minimum atomic E-state index is -0.0777. The number of rotatable bonds is 2. The van der Waals surface area contributed by atoms with Gasteiger partial charge in [0.25, 0.3) is 5.91 Å². The summed E-state index contributed by atoms with van der Waals surface area (Å²) in [5.74, 6) is 1.15. The number of para-hydroxylation sites is 3. The highest BCUT2D eigenvalue weighted by Gasteiger charge is 2.25. The fourth-order valence-electron chi connectivity index (χ4n) is 4.24. The minimum Gasteiger partial charge on any atom is -0.435 e. The monoisotopic (exact) mass is 648 g/mol. The Kier molecular flexibility index (Phi) is 11.5. The Morgan fingerprint density at radius 2 is 1.36 bits per heavy atom. The summed E-state index contributed by atoms with van der Waals surface area (Å²) in [7, 11) is 1.74. The predicted octanol–water partition coefficient (Wildman–Crippen LogP) is 9.84. The Morgan fingerprint density at radius 1 is 0.809 bits per heavy atom. The Bertz CT molecular complexity index is 1780. The topological polar surface area (TPSA) is 119 Å². The number of amidine groups is 1. The molecule has 5 rings (SSSR count). The van der Waals surface area contributed by atoms with E-state index in [1.807, 2.05) is 94.5 Å². The van der Waals surface area contributed by atoms with Gasteiger partial charge in [0.2, 0.25) is 5.89 Å². The largest absolute Gasteiger partial charge is 0.435 e. The van der Waals surface area contributed by atoms with Crippen molar-refractivity contribution in [2.24, 2.45) is 21.2 Å². The number of amides is 1. The van der Waals surface area contributed by atoms with Crippen molar-refractivity contribution in [2.45, 2.75) is 69.2 Å². The summed E-state index contributed by atoms with van der Waals surface area (Å²) in [6.07, 6.45) is 5.75. The van der Waals surface area contributed by atoms with Gasteiger partial charge < -0.3 is 4.42 Å². The maximum Gasteiger partial charge on any atom is 0.277 e. The third-order valence-corrected chi connectivity index (χ3v) is 7.38. The second-order valence-electron chi connectivity index (χ2n) is 14.5. The van der Waals surface area contributed by atoms with Crippen LogP contribution in [0.3, 0.4) is 0 Å². The highest BCUT2D eigenvalue weighted by atomic mass is 32.1. The summed E-state index contributed by atoms with van der Waals surface area (Å²) in [6.45, 7) is 20.3. The van der Waals surface area contributed by atoms with Gasteiger partial charge in [-0.3, -0.25) is 9.69 Å². The molecule has 244 valence electrons. The summed E-state index contributed by atoms with van der Waals surface area (Å²) in [5.41, 5.74) is 4.06. The average Bonchev–Trinajstić information content (AvgIpc) is 3.66. The zero-order chi connectivity index (χ0) is 35.2. The molecule has 0 radical (unpaired) electrons. The van der Waals surface area contributed by atoms with Crippen LogP contribution in [-0.2, 0) is 4.79 Å². The molecule has 0 aliphatic carbocycles. The van der Waals surface area contributed by atoms with Crippen LogP contribution in [0.2, 0.25) is 0 Å². The van der Waals surface area contributed by atoms with E-state index in [4.69, 9.17) is 9.68 Å². The molecule has 8 nitrogen and oxygen atoms in total. The Morgan fingerprint density at radius 3 is 1.85 bits per heavy atom. The highest BCUT2D eigenvalue weighted by molar-refractivity contribution is 7.19. The summed E-state index contributed by atoms with van der Waals surface area (Å²) in [5, 5.41) is 19.2. The molecule has 47 heavy (non-hydrogen) atoms. The lowest BCUT2D eigenvalue weighted by molar-refractivity contribution is -0.121.